The molecule has 2 heteroatoms. The molecule has 0 bridgehead atoms. The predicted octanol–water partition coefficient (Wildman–Crippen LogP) is 11.4. The highest BCUT2D eigenvalue weighted by molar-refractivity contribution is 6.22. The molecule has 210 valence electrons. The van der Waals surface area contributed by atoms with E-state index in [0.29, 0.717) is 0 Å². The van der Waals surface area contributed by atoms with Crippen molar-refractivity contribution in [3.63, 3.8) is 0 Å². The molecule has 0 aliphatic carbocycles. The van der Waals surface area contributed by atoms with E-state index in [0.717, 1.165) is 0 Å². The number of fused-ring (bicyclic) bond motifs is 9. The molecule has 0 aliphatic heterocycles. The summed E-state index contributed by atoms with van der Waals surface area (Å²) in [5, 5.41) is 12.8. The minimum absolute atomic E-state index is 1.23. The van der Waals surface area contributed by atoms with Crippen molar-refractivity contribution in [2.45, 2.75) is 27.7 Å². The zero-order valence-electron chi connectivity index (χ0n) is 25.4. The summed E-state index contributed by atoms with van der Waals surface area (Å²) in [5.74, 6) is 0. The molecule has 9 aromatic rings. The molecule has 0 aliphatic rings. The van der Waals surface area contributed by atoms with Crippen LogP contribution in [0, 0.1) is 27.7 Å². The highest BCUT2D eigenvalue weighted by Crippen LogP contribution is 2.42. The fourth-order valence-electron chi connectivity index (χ4n) is 7.75. The maximum absolute atomic E-state index is 2.49. The molecule has 2 heterocycles. The van der Waals surface area contributed by atoms with Crippen LogP contribution in [0.25, 0.3) is 76.3 Å². The first-order chi connectivity index (χ1) is 21.5. The standard InChI is InChI=1S/C42H32N2/c1-25-27(3)43(39-17-9-13-29-11-5-7-15-33(29)39)41-31(25)19-21-35-36-22-20-32-26(2)28(4)44(42(32)38(36)24-23-37(35)41)40-18-10-14-30-12-6-8-16-34(30)40/h5-24H,1-4H3. The van der Waals surface area contributed by atoms with Crippen molar-refractivity contribution in [2.24, 2.45) is 0 Å². The predicted molar refractivity (Wildman–Crippen MR) is 189 cm³/mol. The van der Waals surface area contributed by atoms with Gasteiger partial charge in [0.25, 0.3) is 0 Å². The molecule has 0 saturated carbocycles. The summed E-state index contributed by atoms with van der Waals surface area (Å²) in [7, 11) is 0. The van der Waals surface area contributed by atoms with Crippen molar-refractivity contribution in [1.82, 2.24) is 9.13 Å². The van der Waals surface area contributed by atoms with E-state index < -0.39 is 0 Å². The van der Waals surface area contributed by atoms with Crippen LogP contribution in [0.1, 0.15) is 22.5 Å². The number of hydrogen-bond donors (Lipinski definition) is 0. The first-order valence-electron chi connectivity index (χ1n) is 15.5. The van der Waals surface area contributed by atoms with Crippen LogP contribution in [0.5, 0.6) is 0 Å². The number of hydrogen-bond acceptors (Lipinski definition) is 0. The summed E-state index contributed by atoms with van der Waals surface area (Å²) in [6.07, 6.45) is 0. The Morgan fingerprint density at radius 3 is 1.14 bits per heavy atom. The number of aromatic nitrogens is 2. The fraction of sp³-hybridized carbons (Fsp3) is 0.0952. The van der Waals surface area contributed by atoms with Crippen LogP contribution in [-0.2, 0) is 0 Å². The second kappa shape index (κ2) is 9.08. The zero-order valence-corrected chi connectivity index (χ0v) is 25.4. The van der Waals surface area contributed by atoms with Crippen LogP contribution in [0.15, 0.2) is 121 Å². The Labute approximate surface area is 256 Å². The summed E-state index contributed by atoms with van der Waals surface area (Å²) in [6, 6.07) is 44.8. The maximum Gasteiger partial charge on any atom is 0.0612 e. The van der Waals surface area contributed by atoms with Crippen molar-refractivity contribution < 1.29 is 0 Å². The SMILES string of the molecule is Cc1c(C)n(-c2cccc3ccccc23)c2c1ccc1c3ccc4c(C)c(C)n(-c5cccc6ccccc56)c4c3ccc12. The normalized spacial score (nSPS) is 12.1. The monoisotopic (exact) mass is 564 g/mol. The van der Waals surface area contributed by atoms with Gasteiger partial charge in [-0.15, -0.1) is 0 Å². The lowest BCUT2D eigenvalue weighted by Gasteiger charge is -2.16. The van der Waals surface area contributed by atoms with Crippen LogP contribution in [0.2, 0.25) is 0 Å². The lowest BCUT2D eigenvalue weighted by atomic mass is 9.97. The van der Waals surface area contributed by atoms with Crippen molar-refractivity contribution in [1.29, 1.82) is 0 Å². The molecule has 2 nitrogen and oxygen atoms in total. The molecule has 9 rings (SSSR count). The molecule has 44 heavy (non-hydrogen) atoms. The summed E-state index contributed by atoms with van der Waals surface area (Å²) < 4.78 is 4.99. The third-order valence-corrected chi connectivity index (χ3v) is 10.2. The molecular weight excluding hydrogens is 532 g/mol. The Morgan fingerprint density at radius 2 is 0.682 bits per heavy atom. The Bertz CT molecular complexity index is 2450. The molecular formula is C42H32N2. The Kier molecular flexibility index (Phi) is 5.20. The van der Waals surface area contributed by atoms with Crippen molar-refractivity contribution in [3.8, 4) is 11.4 Å². The minimum atomic E-state index is 1.23. The van der Waals surface area contributed by atoms with Gasteiger partial charge < -0.3 is 9.13 Å². The molecule has 7 aromatic carbocycles. The van der Waals surface area contributed by atoms with Crippen molar-refractivity contribution >= 4 is 64.9 Å². The third kappa shape index (κ3) is 3.26. The Balaban J connectivity index is 1.41. The summed E-state index contributed by atoms with van der Waals surface area (Å²) in [5.41, 5.74) is 10.3. The van der Waals surface area contributed by atoms with Crippen molar-refractivity contribution in [3.05, 3.63) is 144 Å². The van der Waals surface area contributed by atoms with E-state index in [9.17, 15) is 0 Å². The van der Waals surface area contributed by atoms with Gasteiger partial charge in [-0.05, 0) is 72.5 Å². The van der Waals surface area contributed by atoms with E-state index in [1.54, 1.807) is 0 Å². The van der Waals surface area contributed by atoms with Crippen molar-refractivity contribution in [2.75, 3.05) is 0 Å². The fourth-order valence-corrected chi connectivity index (χ4v) is 7.75. The van der Waals surface area contributed by atoms with E-state index in [2.05, 4.69) is 158 Å². The van der Waals surface area contributed by atoms with Gasteiger partial charge in [0.2, 0.25) is 0 Å². The molecule has 0 unspecified atom stereocenters. The molecule has 0 radical (unpaired) electrons. The van der Waals surface area contributed by atoms with Crippen LogP contribution in [0.4, 0.5) is 0 Å². The average molecular weight is 565 g/mol. The zero-order chi connectivity index (χ0) is 29.7. The van der Waals surface area contributed by atoms with E-state index >= 15 is 0 Å². The van der Waals surface area contributed by atoms with Crippen LogP contribution < -0.4 is 0 Å². The number of nitrogens with zero attached hydrogens (tertiary/aromatic N) is 2. The summed E-state index contributed by atoms with van der Waals surface area (Å²) >= 11 is 0. The smallest absolute Gasteiger partial charge is 0.0612 e. The lowest BCUT2D eigenvalue weighted by molar-refractivity contribution is 1.05. The molecule has 0 saturated heterocycles. The van der Waals surface area contributed by atoms with E-state index in [4.69, 9.17) is 0 Å². The van der Waals surface area contributed by atoms with E-state index in [-0.39, 0.29) is 0 Å². The number of rotatable bonds is 2. The van der Waals surface area contributed by atoms with Gasteiger partial charge in [0.05, 0.1) is 22.4 Å². The van der Waals surface area contributed by atoms with E-state index in [1.807, 2.05) is 0 Å². The van der Waals surface area contributed by atoms with Gasteiger partial charge >= 0.3 is 0 Å². The molecule has 0 amide bonds. The Hall–Kier alpha value is -5.34. The van der Waals surface area contributed by atoms with Crippen LogP contribution >= 0.6 is 0 Å². The summed E-state index contributed by atoms with van der Waals surface area (Å²) in [6.45, 7) is 9.04. The average Bonchev–Trinajstić information content (AvgIpc) is 3.48. The second-order valence-corrected chi connectivity index (χ2v) is 12.3. The van der Waals surface area contributed by atoms with Gasteiger partial charge in [-0.2, -0.15) is 0 Å². The van der Waals surface area contributed by atoms with Crippen LogP contribution in [0.3, 0.4) is 0 Å². The first kappa shape index (κ1) is 25.2. The van der Waals surface area contributed by atoms with Crippen LogP contribution in [-0.4, -0.2) is 9.13 Å². The molecule has 2 aromatic heterocycles. The van der Waals surface area contributed by atoms with Gasteiger partial charge in [-0.3, -0.25) is 0 Å². The van der Waals surface area contributed by atoms with Gasteiger partial charge in [-0.25, -0.2) is 0 Å². The maximum atomic E-state index is 2.49. The largest absolute Gasteiger partial charge is 0.312 e. The quantitative estimate of drug-likeness (QED) is 0.185. The first-order valence-corrected chi connectivity index (χ1v) is 15.5. The topological polar surface area (TPSA) is 9.86 Å². The molecule has 0 spiro atoms. The highest BCUT2D eigenvalue weighted by atomic mass is 15.0. The van der Waals surface area contributed by atoms with E-state index in [1.165, 1.54) is 98.8 Å². The number of aryl methyl sites for hydroxylation is 2. The van der Waals surface area contributed by atoms with Gasteiger partial charge in [0.15, 0.2) is 0 Å². The molecule has 0 N–H and O–H groups in total. The number of benzene rings is 7. The third-order valence-electron chi connectivity index (χ3n) is 10.2. The Morgan fingerprint density at radius 1 is 0.318 bits per heavy atom. The van der Waals surface area contributed by atoms with Gasteiger partial charge in [0.1, 0.15) is 0 Å². The van der Waals surface area contributed by atoms with Gasteiger partial charge in [0, 0.05) is 43.7 Å². The molecule has 0 atom stereocenters. The second-order valence-electron chi connectivity index (χ2n) is 12.3. The lowest BCUT2D eigenvalue weighted by Crippen LogP contribution is -1.99. The highest BCUT2D eigenvalue weighted by Gasteiger charge is 2.20. The minimum Gasteiger partial charge on any atom is -0.312 e. The van der Waals surface area contributed by atoms with Gasteiger partial charge in [-0.1, -0.05) is 109 Å². The molecule has 0 fully saturated rings. The summed E-state index contributed by atoms with van der Waals surface area (Å²) in [4.78, 5) is 0.